The Labute approximate surface area is 105 Å². The van der Waals surface area contributed by atoms with Gasteiger partial charge < -0.3 is 10.4 Å². The molecule has 3 heteroatoms. The second-order valence-corrected chi connectivity index (χ2v) is 5.18. The highest BCUT2D eigenvalue weighted by atomic mass is 16.2. The number of unbranched alkanes of at least 4 members (excludes halogenated alkanes) is 2. The van der Waals surface area contributed by atoms with Crippen molar-refractivity contribution in [1.29, 1.82) is 0 Å². The molecule has 3 nitrogen and oxygen atoms in total. The number of aliphatic hydroxyl groups is 1. The third-order valence-electron chi connectivity index (χ3n) is 2.75. The summed E-state index contributed by atoms with van der Waals surface area (Å²) < 4.78 is 0. The van der Waals surface area contributed by atoms with E-state index >= 15 is 0 Å². The molecular formula is C14H25NO2. The van der Waals surface area contributed by atoms with Crippen molar-refractivity contribution in [1.82, 2.24) is 5.32 Å². The fourth-order valence-corrected chi connectivity index (χ4v) is 1.58. The van der Waals surface area contributed by atoms with Crippen molar-refractivity contribution in [2.75, 3.05) is 13.2 Å². The molecule has 17 heavy (non-hydrogen) atoms. The molecule has 0 fully saturated rings. The number of amides is 1. The lowest BCUT2D eigenvalue weighted by Crippen LogP contribution is -2.34. The minimum absolute atomic E-state index is 0.0528. The highest BCUT2D eigenvalue weighted by Crippen LogP contribution is 2.20. The van der Waals surface area contributed by atoms with E-state index in [4.69, 9.17) is 11.5 Å². The van der Waals surface area contributed by atoms with Crippen LogP contribution >= 0.6 is 0 Å². The Kier molecular flexibility index (Phi) is 8.53. The molecule has 1 amide bonds. The van der Waals surface area contributed by atoms with E-state index in [0.717, 1.165) is 32.1 Å². The molecule has 0 spiro atoms. The predicted molar refractivity (Wildman–Crippen MR) is 70.4 cm³/mol. The second-order valence-electron chi connectivity index (χ2n) is 5.18. The summed E-state index contributed by atoms with van der Waals surface area (Å²) in [6.45, 7) is 5.08. The van der Waals surface area contributed by atoms with Gasteiger partial charge in [0.1, 0.15) is 0 Å². The molecule has 0 heterocycles. The Bertz CT molecular complexity index is 253. The van der Waals surface area contributed by atoms with Crippen molar-refractivity contribution in [3.8, 4) is 12.3 Å². The smallest absolute Gasteiger partial charge is 0.220 e. The number of hydrogen-bond acceptors (Lipinski definition) is 2. The van der Waals surface area contributed by atoms with Gasteiger partial charge >= 0.3 is 0 Å². The first kappa shape index (κ1) is 16.0. The van der Waals surface area contributed by atoms with Gasteiger partial charge in [0, 0.05) is 26.0 Å². The van der Waals surface area contributed by atoms with E-state index in [1.807, 2.05) is 0 Å². The van der Waals surface area contributed by atoms with Crippen molar-refractivity contribution in [2.24, 2.45) is 5.41 Å². The van der Waals surface area contributed by atoms with E-state index in [9.17, 15) is 4.79 Å². The fraction of sp³-hybridized carbons (Fsp3) is 0.786. The molecule has 0 aromatic heterocycles. The van der Waals surface area contributed by atoms with Crippen LogP contribution in [0.25, 0.3) is 0 Å². The van der Waals surface area contributed by atoms with Gasteiger partial charge in [-0.2, -0.15) is 0 Å². The molecule has 0 bridgehead atoms. The van der Waals surface area contributed by atoms with Crippen LogP contribution < -0.4 is 5.32 Å². The normalized spacial score (nSPS) is 10.9. The number of rotatable bonds is 9. The lowest BCUT2D eigenvalue weighted by Gasteiger charge is -2.24. The van der Waals surface area contributed by atoms with E-state index < -0.39 is 0 Å². The molecule has 0 saturated carbocycles. The zero-order valence-electron chi connectivity index (χ0n) is 11.1. The van der Waals surface area contributed by atoms with Crippen molar-refractivity contribution in [3.63, 3.8) is 0 Å². The molecule has 98 valence electrons. The van der Waals surface area contributed by atoms with Crippen LogP contribution in [0.1, 0.15) is 52.4 Å². The molecule has 0 saturated heterocycles. The molecule has 0 aromatic carbocycles. The number of carbonyl (C=O) groups is 1. The maximum absolute atomic E-state index is 11.5. The lowest BCUT2D eigenvalue weighted by molar-refractivity contribution is -0.121. The summed E-state index contributed by atoms with van der Waals surface area (Å²) in [5.74, 6) is 2.66. The molecule has 2 N–H and O–H groups in total. The quantitative estimate of drug-likeness (QED) is 0.478. The molecule has 0 aliphatic carbocycles. The van der Waals surface area contributed by atoms with Crippen molar-refractivity contribution >= 4 is 5.91 Å². The summed E-state index contributed by atoms with van der Waals surface area (Å²) in [5, 5.41) is 11.7. The third kappa shape index (κ3) is 9.89. The van der Waals surface area contributed by atoms with Gasteiger partial charge in [-0.05, 0) is 31.1 Å². The Hall–Kier alpha value is -1.01. The zero-order valence-corrected chi connectivity index (χ0v) is 11.1. The molecule has 0 atom stereocenters. The van der Waals surface area contributed by atoms with Crippen LogP contribution in [0.15, 0.2) is 0 Å². The molecule has 0 aliphatic heterocycles. The highest BCUT2D eigenvalue weighted by Gasteiger charge is 2.17. The topological polar surface area (TPSA) is 49.3 Å². The number of carbonyl (C=O) groups excluding carboxylic acids is 1. The fourth-order valence-electron chi connectivity index (χ4n) is 1.58. The largest absolute Gasteiger partial charge is 0.396 e. The summed E-state index contributed by atoms with van der Waals surface area (Å²) in [4.78, 5) is 11.5. The van der Waals surface area contributed by atoms with Gasteiger partial charge in [-0.25, -0.2) is 0 Å². The van der Waals surface area contributed by atoms with Crippen LogP contribution in [0.2, 0.25) is 0 Å². The van der Waals surface area contributed by atoms with E-state index in [2.05, 4.69) is 25.1 Å². The van der Waals surface area contributed by atoms with Gasteiger partial charge in [0.2, 0.25) is 5.91 Å². The molecule has 0 rings (SSSR count). The van der Waals surface area contributed by atoms with Crippen LogP contribution in [-0.2, 0) is 4.79 Å². The Balaban J connectivity index is 3.64. The Morgan fingerprint density at radius 1 is 1.35 bits per heavy atom. The predicted octanol–water partition coefficient (Wildman–Crippen LogP) is 2.09. The van der Waals surface area contributed by atoms with Crippen LogP contribution in [0.5, 0.6) is 0 Å². The maximum Gasteiger partial charge on any atom is 0.220 e. The summed E-state index contributed by atoms with van der Waals surface area (Å²) in [6, 6.07) is 0. The van der Waals surface area contributed by atoms with Crippen LogP contribution in [0, 0.1) is 17.8 Å². The van der Waals surface area contributed by atoms with Gasteiger partial charge in [0.15, 0.2) is 0 Å². The van der Waals surface area contributed by atoms with E-state index in [0.29, 0.717) is 13.0 Å². The summed E-state index contributed by atoms with van der Waals surface area (Å²) in [5.41, 5.74) is 0.0528. The first-order valence-corrected chi connectivity index (χ1v) is 6.33. The zero-order chi connectivity index (χ0) is 13.1. The van der Waals surface area contributed by atoms with Gasteiger partial charge in [-0.15, -0.1) is 12.3 Å². The summed E-state index contributed by atoms with van der Waals surface area (Å²) in [7, 11) is 0. The summed E-state index contributed by atoms with van der Waals surface area (Å²) >= 11 is 0. The molecule has 0 aliphatic rings. The van der Waals surface area contributed by atoms with Crippen LogP contribution in [-0.4, -0.2) is 24.2 Å². The minimum Gasteiger partial charge on any atom is -0.396 e. The molecular weight excluding hydrogens is 214 g/mol. The van der Waals surface area contributed by atoms with Gasteiger partial charge in [0.25, 0.3) is 0 Å². The monoisotopic (exact) mass is 239 g/mol. The lowest BCUT2D eigenvalue weighted by atomic mass is 9.88. The molecule has 0 radical (unpaired) electrons. The van der Waals surface area contributed by atoms with E-state index in [-0.39, 0.29) is 17.9 Å². The standard InChI is InChI=1S/C14H25NO2/c1-4-5-6-7-9-13(17)15-12-14(2,3)10-8-11-16/h1,16H,5-12H2,2-3H3,(H,15,17). The van der Waals surface area contributed by atoms with Crippen molar-refractivity contribution in [3.05, 3.63) is 0 Å². The van der Waals surface area contributed by atoms with Crippen molar-refractivity contribution < 1.29 is 9.90 Å². The highest BCUT2D eigenvalue weighted by molar-refractivity contribution is 5.75. The van der Waals surface area contributed by atoms with Gasteiger partial charge in [-0.3, -0.25) is 4.79 Å². The van der Waals surface area contributed by atoms with E-state index in [1.54, 1.807) is 0 Å². The first-order valence-electron chi connectivity index (χ1n) is 6.33. The van der Waals surface area contributed by atoms with Crippen LogP contribution in [0.3, 0.4) is 0 Å². The third-order valence-corrected chi connectivity index (χ3v) is 2.75. The average molecular weight is 239 g/mol. The first-order chi connectivity index (χ1) is 8.02. The van der Waals surface area contributed by atoms with Crippen molar-refractivity contribution in [2.45, 2.75) is 52.4 Å². The van der Waals surface area contributed by atoms with Gasteiger partial charge in [-0.1, -0.05) is 13.8 Å². The van der Waals surface area contributed by atoms with Gasteiger partial charge in [0.05, 0.1) is 0 Å². The number of hydrogen-bond donors (Lipinski definition) is 2. The number of nitrogens with one attached hydrogen (secondary N) is 1. The van der Waals surface area contributed by atoms with E-state index in [1.165, 1.54) is 0 Å². The molecule has 0 aromatic rings. The second kappa shape index (κ2) is 9.07. The average Bonchev–Trinajstić information content (AvgIpc) is 2.30. The Morgan fingerprint density at radius 2 is 2.06 bits per heavy atom. The molecule has 0 unspecified atom stereocenters. The maximum atomic E-state index is 11.5. The minimum atomic E-state index is 0.0528. The number of aliphatic hydroxyl groups excluding tert-OH is 1. The number of terminal acetylenes is 1. The SMILES string of the molecule is C#CCCCCC(=O)NCC(C)(C)CCCO. The Morgan fingerprint density at radius 3 is 2.65 bits per heavy atom. The summed E-state index contributed by atoms with van der Waals surface area (Å²) in [6.07, 6.45) is 9.90. The van der Waals surface area contributed by atoms with Crippen LogP contribution in [0.4, 0.5) is 0 Å².